The molecule has 0 heterocycles. The fourth-order valence-corrected chi connectivity index (χ4v) is 6.87. The lowest BCUT2D eigenvalue weighted by atomic mass is 9.53. The van der Waals surface area contributed by atoms with E-state index in [-0.39, 0.29) is 23.6 Å². The molecule has 6 rings (SSSR count). The fourth-order valence-electron chi connectivity index (χ4n) is 6.87. The van der Waals surface area contributed by atoms with Crippen LogP contribution in [0.1, 0.15) is 73.9 Å². The van der Waals surface area contributed by atoms with Crippen molar-refractivity contribution >= 4 is 12.0 Å². The van der Waals surface area contributed by atoms with Crippen molar-refractivity contribution in [2.24, 2.45) is 17.8 Å². The van der Waals surface area contributed by atoms with Gasteiger partial charge in [0, 0.05) is 18.5 Å². The molecule has 1 unspecified atom stereocenters. The van der Waals surface area contributed by atoms with Crippen LogP contribution in [-0.2, 0) is 4.74 Å². The lowest BCUT2D eigenvalue weighted by molar-refractivity contribution is -0.0135. The summed E-state index contributed by atoms with van der Waals surface area (Å²) in [6, 6.07) is 16.9. The van der Waals surface area contributed by atoms with E-state index in [0.29, 0.717) is 25.1 Å². The third-order valence-electron chi connectivity index (χ3n) is 7.92. The van der Waals surface area contributed by atoms with Gasteiger partial charge in [-0.15, -0.1) is 0 Å². The molecular weight excluding hydrogens is 440 g/mol. The molecule has 2 aromatic rings. The first-order valence-corrected chi connectivity index (χ1v) is 13.1. The van der Waals surface area contributed by atoms with Gasteiger partial charge in [-0.1, -0.05) is 30.3 Å². The molecule has 35 heavy (non-hydrogen) atoms. The molecule has 4 aliphatic carbocycles. The number of benzene rings is 2. The highest BCUT2D eigenvalue weighted by Gasteiger charge is 2.51. The van der Waals surface area contributed by atoms with Gasteiger partial charge in [0.2, 0.25) is 0 Å². The predicted molar refractivity (Wildman–Crippen MR) is 134 cm³/mol. The average molecular weight is 477 g/mol. The molecule has 4 fully saturated rings. The zero-order chi connectivity index (χ0) is 24.3. The number of amides is 2. The van der Waals surface area contributed by atoms with Crippen molar-refractivity contribution in [3.8, 4) is 5.75 Å². The summed E-state index contributed by atoms with van der Waals surface area (Å²) in [5.74, 6) is 2.82. The second-order valence-corrected chi connectivity index (χ2v) is 10.6. The number of para-hydroxylation sites is 1. The molecule has 6 nitrogen and oxygen atoms in total. The molecule has 1 atom stereocenters. The molecule has 0 saturated heterocycles. The highest BCUT2D eigenvalue weighted by Crippen LogP contribution is 2.55. The van der Waals surface area contributed by atoms with Gasteiger partial charge in [-0.3, -0.25) is 0 Å². The number of hydrogen-bond acceptors (Lipinski definition) is 4. The lowest BCUT2D eigenvalue weighted by Gasteiger charge is -2.56. The van der Waals surface area contributed by atoms with Crippen LogP contribution >= 0.6 is 0 Å². The van der Waals surface area contributed by atoms with Crippen LogP contribution in [0.25, 0.3) is 0 Å². The van der Waals surface area contributed by atoms with Crippen molar-refractivity contribution in [1.82, 2.24) is 10.6 Å². The molecule has 0 aliphatic heterocycles. The summed E-state index contributed by atoms with van der Waals surface area (Å²) in [5, 5.41) is 6.46. The Hall–Kier alpha value is -3.02. The normalized spacial score (nSPS) is 27.2. The summed E-state index contributed by atoms with van der Waals surface area (Å²) in [6.07, 6.45) is 7.84. The van der Waals surface area contributed by atoms with E-state index in [0.717, 1.165) is 48.3 Å². The largest absolute Gasteiger partial charge is 0.486 e. The van der Waals surface area contributed by atoms with Crippen LogP contribution in [0.3, 0.4) is 0 Å². The van der Waals surface area contributed by atoms with E-state index in [2.05, 4.69) is 10.6 Å². The highest BCUT2D eigenvalue weighted by atomic mass is 16.5. The molecule has 4 saturated carbocycles. The number of ether oxygens (including phenoxy) is 2. The summed E-state index contributed by atoms with van der Waals surface area (Å²) in [5.41, 5.74) is 1.47. The second-order valence-electron chi connectivity index (χ2n) is 10.6. The summed E-state index contributed by atoms with van der Waals surface area (Å²) in [6.45, 7) is 2.63. The minimum atomic E-state index is -0.331. The van der Waals surface area contributed by atoms with Crippen LogP contribution in [0, 0.1) is 17.8 Å². The maximum atomic E-state index is 12.9. The molecule has 0 radical (unpaired) electrons. The molecule has 2 aromatic carbocycles. The van der Waals surface area contributed by atoms with Gasteiger partial charge in [-0.25, -0.2) is 9.59 Å². The molecule has 2 amide bonds. The van der Waals surface area contributed by atoms with Gasteiger partial charge >= 0.3 is 12.0 Å². The van der Waals surface area contributed by atoms with Gasteiger partial charge in [-0.05, 0) is 93.0 Å². The Morgan fingerprint density at radius 1 is 0.943 bits per heavy atom. The van der Waals surface area contributed by atoms with E-state index >= 15 is 0 Å². The Morgan fingerprint density at radius 3 is 2.17 bits per heavy atom. The first-order valence-electron chi connectivity index (χ1n) is 13.1. The third kappa shape index (κ3) is 5.63. The van der Waals surface area contributed by atoms with Crippen molar-refractivity contribution in [1.29, 1.82) is 0 Å². The van der Waals surface area contributed by atoms with Gasteiger partial charge < -0.3 is 20.1 Å². The number of urea groups is 1. The molecular formula is C29H36N2O4. The number of carbonyl (C=O) groups excluding carboxylic acids is 2. The molecule has 4 aliphatic rings. The van der Waals surface area contributed by atoms with Gasteiger partial charge in [0.15, 0.2) is 0 Å². The second kappa shape index (κ2) is 10.3. The number of nitrogens with one attached hydrogen (secondary N) is 2. The molecule has 2 N–H and O–H groups in total. The first-order chi connectivity index (χ1) is 17.0. The summed E-state index contributed by atoms with van der Waals surface area (Å²) in [4.78, 5) is 24.9. The van der Waals surface area contributed by atoms with Crippen molar-refractivity contribution in [2.45, 2.75) is 63.5 Å². The van der Waals surface area contributed by atoms with E-state index in [9.17, 15) is 9.59 Å². The van der Waals surface area contributed by atoms with Crippen LogP contribution in [0.15, 0.2) is 54.6 Å². The van der Waals surface area contributed by atoms with E-state index in [1.54, 1.807) is 19.1 Å². The Morgan fingerprint density at radius 2 is 1.57 bits per heavy atom. The van der Waals surface area contributed by atoms with E-state index < -0.39 is 0 Å². The van der Waals surface area contributed by atoms with Crippen molar-refractivity contribution in [3.05, 3.63) is 65.7 Å². The van der Waals surface area contributed by atoms with E-state index in [1.165, 1.54) is 19.3 Å². The predicted octanol–water partition coefficient (Wildman–Crippen LogP) is 5.64. The quantitative estimate of drug-likeness (QED) is 0.459. The zero-order valence-electron chi connectivity index (χ0n) is 20.5. The third-order valence-corrected chi connectivity index (χ3v) is 7.92. The maximum absolute atomic E-state index is 12.9. The van der Waals surface area contributed by atoms with Crippen LogP contribution < -0.4 is 15.4 Å². The smallest absolute Gasteiger partial charge is 0.338 e. The Bertz CT molecular complexity index is 985. The number of esters is 1. The Balaban J connectivity index is 1.20. The summed E-state index contributed by atoms with van der Waals surface area (Å²) < 4.78 is 11.4. The maximum Gasteiger partial charge on any atom is 0.338 e. The Labute approximate surface area is 207 Å². The average Bonchev–Trinajstić information content (AvgIpc) is 2.83. The van der Waals surface area contributed by atoms with Gasteiger partial charge in [0.05, 0.1) is 12.2 Å². The van der Waals surface area contributed by atoms with Crippen LogP contribution in [-0.4, -0.2) is 30.7 Å². The van der Waals surface area contributed by atoms with Gasteiger partial charge in [-0.2, -0.15) is 0 Å². The number of carbonyl (C=O) groups is 2. The van der Waals surface area contributed by atoms with Gasteiger partial charge in [0.1, 0.15) is 11.9 Å². The molecule has 4 bridgehead atoms. The summed E-state index contributed by atoms with van der Waals surface area (Å²) >= 11 is 0. The Kier molecular flexibility index (Phi) is 6.98. The van der Waals surface area contributed by atoms with Crippen molar-refractivity contribution in [2.75, 3.05) is 13.2 Å². The SMILES string of the molecule is CCOC(=O)c1ccc(C(CCNC(=O)NC23CC4CC(CC(C4)C2)C3)Oc2ccccc2)cc1. The summed E-state index contributed by atoms with van der Waals surface area (Å²) in [7, 11) is 0. The van der Waals surface area contributed by atoms with Crippen molar-refractivity contribution < 1.29 is 19.1 Å². The number of rotatable bonds is 9. The lowest BCUT2D eigenvalue weighted by Crippen LogP contribution is -2.61. The van der Waals surface area contributed by atoms with Crippen molar-refractivity contribution in [3.63, 3.8) is 0 Å². The monoisotopic (exact) mass is 476 g/mol. The highest BCUT2D eigenvalue weighted by molar-refractivity contribution is 5.89. The topological polar surface area (TPSA) is 76.7 Å². The van der Waals surface area contributed by atoms with Crippen LogP contribution in [0.5, 0.6) is 5.75 Å². The van der Waals surface area contributed by atoms with Crippen LogP contribution in [0.4, 0.5) is 4.79 Å². The molecule has 0 aromatic heterocycles. The minimum absolute atomic E-state index is 0.00169. The molecule has 186 valence electrons. The number of hydrogen-bond donors (Lipinski definition) is 2. The first kappa shape index (κ1) is 23.7. The van der Waals surface area contributed by atoms with Crippen LogP contribution in [0.2, 0.25) is 0 Å². The van der Waals surface area contributed by atoms with Gasteiger partial charge in [0.25, 0.3) is 0 Å². The fraction of sp³-hybridized carbons (Fsp3) is 0.517. The standard InChI is InChI=1S/C29H36N2O4/c1-2-34-27(32)24-10-8-23(9-11-24)26(35-25-6-4-3-5-7-25)12-13-30-28(33)31-29-17-20-14-21(18-29)16-22(15-20)19-29/h3-11,20-22,26H,2,12-19H2,1H3,(H2,30,31,33). The van der Waals surface area contributed by atoms with E-state index in [1.807, 2.05) is 42.5 Å². The van der Waals surface area contributed by atoms with E-state index in [4.69, 9.17) is 9.47 Å². The molecule has 0 spiro atoms. The zero-order valence-corrected chi connectivity index (χ0v) is 20.5. The molecule has 6 heteroatoms. The minimum Gasteiger partial charge on any atom is -0.486 e.